The van der Waals surface area contributed by atoms with Crippen molar-refractivity contribution in [3.8, 4) is 11.5 Å². The first-order chi connectivity index (χ1) is 14.1. The van der Waals surface area contributed by atoms with Gasteiger partial charge in [-0.1, -0.05) is 48.5 Å². The molecule has 0 aliphatic carbocycles. The van der Waals surface area contributed by atoms with Gasteiger partial charge in [0.15, 0.2) is 0 Å². The topological polar surface area (TPSA) is 63.4 Å². The Morgan fingerprint density at radius 2 is 1.48 bits per heavy atom. The minimum Gasteiger partial charge on any atom is -0.444 e. The van der Waals surface area contributed by atoms with Crippen molar-refractivity contribution in [1.29, 1.82) is 0 Å². The molecule has 3 aromatic carbocycles. The van der Waals surface area contributed by atoms with E-state index in [0.29, 0.717) is 17.3 Å². The predicted octanol–water partition coefficient (Wildman–Crippen LogP) is 4.88. The Hall–Kier alpha value is -3.45. The third-order valence-electron chi connectivity index (χ3n) is 4.33. The third kappa shape index (κ3) is 3.90. The van der Waals surface area contributed by atoms with Crippen LogP contribution in [0.3, 0.4) is 0 Å². The number of aromatic nitrogens is 1. The summed E-state index contributed by atoms with van der Waals surface area (Å²) in [6, 6.07) is 23.1. The van der Waals surface area contributed by atoms with Crippen molar-refractivity contribution in [1.82, 2.24) is 4.98 Å². The molecule has 0 saturated carbocycles. The predicted molar refractivity (Wildman–Crippen MR) is 108 cm³/mol. The van der Waals surface area contributed by atoms with Crippen LogP contribution in [0.15, 0.2) is 101 Å². The number of anilines is 1. The van der Waals surface area contributed by atoms with E-state index in [1.807, 2.05) is 30.3 Å². The second-order valence-corrected chi connectivity index (χ2v) is 8.12. The summed E-state index contributed by atoms with van der Waals surface area (Å²) >= 11 is 0. The van der Waals surface area contributed by atoms with Gasteiger partial charge in [-0.05, 0) is 36.4 Å². The van der Waals surface area contributed by atoms with Crippen molar-refractivity contribution in [3.05, 3.63) is 103 Å². The fraction of sp³-hybridized carbons (Fsp3) is 0.0455. The summed E-state index contributed by atoms with van der Waals surface area (Å²) in [6.07, 6.45) is 1.41. The number of hydrogen-bond acceptors (Lipinski definition) is 4. The molecule has 0 amide bonds. The van der Waals surface area contributed by atoms with Crippen LogP contribution in [0.2, 0.25) is 0 Å². The van der Waals surface area contributed by atoms with Crippen LogP contribution in [0.5, 0.6) is 0 Å². The molecule has 0 fully saturated rings. The van der Waals surface area contributed by atoms with E-state index >= 15 is 0 Å². The van der Waals surface area contributed by atoms with Crippen molar-refractivity contribution < 1.29 is 17.2 Å². The van der Waals surface area contributed by atoms with Gasteiger partial charge in [0.2, 0.25) is 5.89 Å². The smallest absolute Gasteiger partial charge is 0.267 e. The lowest BCUT2D eigenvalue weighted by Crippen LogP contribution is -2.31. The van der Waals surface area contributed by atoms with E-state index in [1.165, 1.54) is 24.5 Å². The normalized spacial score (nSPS) is 11.3. The van der Waals surface area contributed by atoms with Gasteiger partial charge in [0.25, 0.3) is 10.0 Å². The average Bonchev–Trinajstić information content (AvgIpc) is 3.22. The highest BCUT2D eigenvalue weighted by Crippen LogP contribution is 2.28. The first kappa shape index (κ1) is 18.9. The average molecular weight is 408 g/mol. The molecule has 4 rings (SSSR count). The Kier molecular flexibility index (Phi) is 5.14. The zero-order chi connectivity index (χ0) is 20.3. The van der Waals surface area contributed by atoms with E-state index in [0.717, 1.165) is 15.9 Å². The van der Waals surface area contributed by atoms with Gasteiger partial charge in [0.05, 0.1) is 12.2 Å². The van der Waals surface area contributed by atoms with E-state index in [9.17, 15) is 12.8 Å². The largest absolute Gasteiger partial charge is 0.444 e. The maximum atomic E-state index is 14.3. The van der Waals surface area contributed by atoms with Gasteiger partial charge in [-0.15, -0.1) is 0 Å². The molecular formula is C22H17FN2O3S. The standard InChI is InChI=1S/C22H17FN2O3S/c23-20-13-7-8-14-21(20)29(26,27)25(19-11-5-2-6-12-19)15-18-16-28-22(24-18)17-9-3-1-4-10-17/h1-14,16H,15H2. The van der Waals surface area contributed by atoms with Gasteiger partial charge in [-0.3, -0.25) is 4.31 Å². The molecule has 1 heterocycles. The maximum Gasteiger partial charge on any atom is 0.267 e. The number of benzene rings is 3. The summed E-state index contributed by atoms with van der Waals surface area (Å²) in [7, 11) is -4.16. The molecule has 7 heteroatoms. The zero-order valence-corrected chi connectivity index (χ0v) is 16.1. The number of hydrogen-bond donors (Lipinski definition) is 0. The summed E-state index contributed by atoms with van der Waals surface area (Å²) in [4.78, 5) is 4.02. The maximum absolute atomic E-state index is 14.3. The Morgan fingerprint density at radius 3 is 2.17 bits per heavy atom. The Morgan fingerprint density at radius 1 is 0.862 bits per heavy atom. The molecule has 5 nitrogen and oxygen atoms in total. The molecule has 0 radical (unpaired) electrons. The zero-order valence-electron chi connectivity index (χ0n) is 15.3. The lowest BCUT2D eigenvalue weighted by atomic mass is 10.2. The summed E-state index contributed by atoms with van der Waals surface area (Å²) in [5.74, 6) is -0.421. The van der Waals surface area contributed by atoms with Gasteiger partial charge >= 0.3 is 0 Å². The van der Waals surface area contributed by atoms with E-state index in [1.54, 1.807) is 30.3 Å². The molecule has 29 heavy (non-hydrogen) atoms. The molecule has 0 aliphatic rings. The number of sulfonamides is 1. The van der Waals surface area contributed by atoms with Crippen LogP contribution < -0.4 is 4.31 Å². The Balaban J connectivity index is 1.73. The molecule has 0 bridgehead atoms. The second-order valence-electron chi connectivity index (χ2n) is 6.29. The fourth-order valence-electron chi connectivity index (χ4n) is 2.92. The molecule has 0 N–H and O–H groups in total. The van der Waals surface area contributed by atoms with Crippen molar-refractivity contribution in [2.45, 2.75) is 11.4 Å². The summed E-state index contributed by atoms with van der Waals surface area (Å²) in [6.45, 7) is -0.100. The molecular weight excluding hydrogens is 391 g/mol. The van der Waals surface area contributed by atoms with Gasteiger partial charge < -0.3 is 4.42 Å². The van der Waals surface area contributed by atoms with Crippen LogP contribution in [0.4, 0.5) is 10.1 Å². The summed E-state index contributed by atoms with van der Waals surface area (Å²) < 4.78 is 47.5. The van der Waals surface area contributed by atoms with E-state index in [-0.39, 0.29) is 6.54 Å². The van der Waals surface area contributed by atoms with Crippen LogP contribution >= 0.6 is 0 Å². The van der Waals surface area contributed by atoms with Crippen LogP contribution in [-0.4, -0.2) is 13.4 Å². The summed E-state index contributed by atoms with van der Waals surface area (Å²) in [5.41, 5.74) is 1.59. The molecule has 0 saturated heterocycles. The number of para-hydroxylation sites is 1. The molecule has 0 aliphatic heterocycles. The van der Waals surface area contributed by atoms with Gasteiger partial charge in [0.1, 0.15) is 22.7 Å². The van der Waals surface area contributed by atoms with E-state index in [2.05, 4.69) is 4.98 Å². The molecule has 4 aromatic rings. The second kappa shape index (κ2) is 7.89. The Bertz CT molecular complexity index is 1210. The minimum atomic E-state index is -4.16. The monoisotopic (exact) mass is 408 g/mol. The molecule has 146 valence electrons. The summed E-state index contributed by atoms with van der Waals surface area (Å²) in [5, 5.41) is 0. The molecule has 0 atom stereocenters. The van der Waals surface area contributed by atoms with E-state index in [4.69, 9.17) is 4.42 Å². The van der Waals surface area contributed by atoms with Crippen molar-refractivity contribution >= 4 is 15.7 Å². The van der Waals surface area contributed by atoms with E-state index < -0.39 is 20.7 Å². The first-order valence-corrected chi connectivity index (χ1v) is 10.3. The van der Waals surface area contributed by atoms with Crippen LogP contribution in [0.25, 0.3) is 11.5 Å². The minimum absolute atomic E-state index is 0.100. The number of rotatable bonds is 6. The van der Waals surface area contributed by atoms with Crippen molar-refractivity contribution in [3.63, 3.8) is 0 Å². The number of halogens is 1. The van der Waals surface area contributed by atoms with Crippen LogP contribution in [0.1, 0.15) is 5.69 Å². The lowest BCUT2D eigenvalue weighted by molar-refractivity contribution is 0.562. The van der Waals surface area contributed by atoms with Gasteiger partial charge in [-0.2, -0.15) is 0 Å². The lowest BCUT2D eigenvalue weighted by Gasteiger charge is -2.23. The molecule has 1 aromatic heterocycles. The first-order valence-electron chi connectivity index (χ1n) is 8.88. The number of oxazole rings is 1. The molecule has 0 spiro atoms. The third-order valence-corrected chi connectivity index (χ3v) is 6.13. The highest BCUT2D eigenvalue weighted by molar-refractivity contribution is 7.92. The van der Waals surface area contributed by atoms with Gasteiger partial charge in [0, 0.05) is 5.56 Å². The fourth-order valence-corrected chi connectivity index (χ4v) is 4.43. The molecule has 0 unspecified atom stereocenters. The van der Waals surface area contributed by atoms with Crippen molar-refractivity contribution in [2.75, 3.05) is 4.31 Å². The Labute approximate surface area is 168 Å². The number of nitrogens with zero attached hydrogens (tertiary/aromatic N) is 2. The van der Waals surface area contributed by atoms with Gasteiger partial charge in [-0.25, -0.2) is 17.8 Å². The van der Waals surface area contributed by atoms with Crippen LogP contribution in [0, 0.1) is 5.82 Å². The van der Waals surface area contributed by atoms with Crippen molar-refractivity contribution in [2.24, 2.45) is 0 Å². The highest BCUT2D eigenvalue weighted by Gasteiger charge is 2.28. The highest BCUT2D eigenvalue weighted by atomic mass is 32.2. The SMILES string of the molecule is O=S(=O)(c1ccccc1F)N(Cc1coc(-c2ccccc2)n1)c1ccccc1. The quantitative estimate of drug-likeness (QED) is 0.456. The van der Waals surface area contributed by atoms with Crippen LogP contribution in [-0.2, 0) is 16.6 Å².